The van der Waals surface area contributed by atoms with Gasteiger partial charge in [-0.1, -0.05) is 5.21 Å². The lowest BCUT2D eigenvalue weighted by Crippen LogP contribution is -2.13. The highest BCUT2D eigenvalue weighted by atomic mass is 15.4. The summed E-state index contributed by atoms with van der Waals surface area (Å²) in [5.74, 6) is 0. The third kappa shape index (κ3) is 1.54. The molecule has 0 radical (unpaired) electrons. The van der Waals surface area contributed by atoms with Gasteiger partial charge in [-0.3, -0.25) is 4.68 Å². The number of aryl methyl sites for hydroxylation is 1. The highest BCUT2D eigenvalue weighted by Crippen LogP contribution is 1.95. The first kappa shape index (κ1) is 7.21. The number of hydrogen-bond acceptors (Lipinski definition) is 3. The van der Waals surface area contributed by atoms with Gasteiger partial charge in [0.1, 0.15) is 0 Å². The molecule has 0 unspecified atom stereocenters. The number of aromatic nitrogens is 3. The van der Waals surface area contributed by atoms with Crippen molar-refractivity contribution < 1.29 is 0 Å². The van der Waals surface area contributed by atoms with E-state index in [0.29, 0.717) is 0 Å². The first-order valence-electron chi connectivity index (χ1n) is 3.18. The maximum Gasteiger partial charge on any atom is 0.0738 e. The van der Waals surface area contributed by atoms with Crippen molar-refractivity contribution in [2.24, 2.45) is 7.05 Å². The van der Waals surface area contributed by atoms with Crippen LogP contribution in [0.15, 0.2) is 6.20 Å². The van der Waals surface area contributed by atoms with Gasteiger partial charge in [-0.2, -0.15) is 0 Å². The molecule has 0 aliphatic rings. The third-order valence-electron chi connectivity index (χ3n) is 1.29. The average Bonchev–Trinajstić information content (AvgIpc) is 2.15. The van der Waals surface area contributed by atoms with E-state index in [1.54, 1.807) is 10.9 Å². The van der Waals surface area contributed by atoms with Gasteiger partial charge in [-0.15, -0.1) is 5.10 Å². The smallest absolute Gasteiger partial charge is 0.0738 e. The fraction of sp³-hybridized carbons (Fsp3) is 0.667. The molecule has 10 heavy (non-hydrogen) atoms. The molecule has 56 valence electrons. The quantitative estimate of drug-likeness (QED) is 0.574. The summed E-state index contributed by atoms with van der Waals surface area (Å²) in [4.78, 5) is 2.08. The number of rotatable bonds is 2. The number of hydrogen-bond donors (Lipinski definition) is 0. The SMILES string of the molecule is CN(C)Cc1cnnn1C. The van der Waals surface area contributed by atoms with Crippen LogP contribution in [0.25, 0.3) is 0 Å². The van der Waals surface area contributed by atoms with Crippen LogP contribution >= 0.6 is 0 Å². The molecule has 0 atom stereocenters. The molecule has 0 aromatic carbocycles. The van der Waals surface area contributed by atoms with Crippen LogP contribution in [0, 0.1) is 0 Å². The molecule has 0 amide bonds. The van der Waals surface area contributed by atoms with Crippen LogP contribution in [0.1, 0.15) is 5.69 Å². The van der Waals surface area contributed by atoms with Gasteiger partial charge < -0.3 is 4.90 Å². The number of nitrogens with zero attached hydrogens (tertiary/aromatic N) is 4. The normalized spacial score (nSPS) is 10.8. The van der Waals surface area contributed by atoms with E-state index in [0.717, 1.165) is 12.2 Å². The summed E-state index contributed by atoms with van der Waals surface area (Å²) < 4.78 is 1.78. The van der Waals surface area contributed by atoms with Crippen LogP contribution in [0.5, 0.6) is 0 Å². The molecule has 1 aromatic rings. The standard InChI is InChI=1S/C6H12N4/c1-9(2)5-6-4-7-8-10(6)3/h4H,5H2,1-3H3. The van der Waals surface area contributed by atoms with Gasteiger partial charge >= 0.3 is 0 Å². The average molecular weight is 140 g/mol. The summed E-state index contributed by atoms with van der Waals surface area (Å²) in [5.41, 5.74) is 1.13. The molecule has 0 N–H and O–H groups in total. The highest BCUT2D eigenvalue weighted by molar-refractivity contribution is 4.91. The Kier molecular flexibility index (Phi) is 2.01. The topological polar surface area (TPSA) is 34.0 Å². The van der Waals surface area contributed by atoms with Crippen LogP contribution < -0.4 is 0 Å². The van der Waals surface area contributed by atoms with E-state index in [2.05, 4.69) is 15.2 Å². The molecule has 4 heteroatoms. The Hall–Kier alpha value is -0.900. The van der Waals surface area contributed by atoms with Gasteiger partial charge in [0.2, 0.25) is 0 Å². The van der Waals surface area contributed by atoms with Gasteiger partial charge in [0, 0.05) is 13.6 Å². The summed E-state index contributed by atoms with van der Waals surface area (Å²) in [6.07, 6.45) is 1.78. The molecular formula is C6H12N4. The molecule has 4 nitrogen and oxygen atoms in total. The molecule has 1 heterocycles. The van der Waals surface area contributed by atoms with Crippen molar-refractivity contribution in [2.45, 2.75) is 6.54 Å². The van der Waals surface area contributed by atoms with E-state index in [9.17, 15) is 0 Å². The molecule has 1 aromatic heterocycles. The van der Waals surface area contributed by atoms with Crippen molar-refractivity contribution in [3.8, 4) is 0 Å². The van der Waals surface area contributed by atoms with Gasteiger partial charge in [0.25, 0.3) is 0 Å². The predicted octanol–water partition coefficient (Wildman–Crippen LogP) is -0.123. The molecule has 0 bridgehead atoms. The van der Waals surface area contributed by atoms with Gasteiger partial charge in [-0.05, 0) is 14.1 Å². The Balaban J connectivity index is 2.65. The lowest BCUT2D eigenvalue weighted by Gasteiger charge is -2.07. The summed E-state index contributed by atoms with van der Waals surface area (Å²) in [6.45, 7) is 0.892. The van der Waals surface area contributed by atoms with Crippen LogP contribution in [-0.2, 0) is 13.6 Å². The lowest BCUT2D eigenvalue weighted by atomic mass is 10.4. The van der Waals surface area contributed by atoms with E-state index < -0.39 is 0 Å². The van der Waals surface area contributed by atoms with E-state index in [-0.39, 0.29) is 0 Å². The van der Waals surface area contributed by atoms with E-state index >= 15 is 0 Å². The largest absolute Gasteiger partial charge is 0.304 e. The summed E-state index contributed by atoms with van der Waals surface area (Å²) in [5, 5.41) is 7.57. The monoisotopic (exact) mass is 140 g/mol. The van der Waals surface area contributed by atoms with Crippen LogP contribution in [0.3, 0.4) is 0 Å². The minimum atomic E-state index is 0.892. The zero-order valence-electron chi connectivity index (χ0n) is 6.57. The van der Waals surface area contributed by atoms with Gasteiger partial charge in [0.15, 0.2) is 0 Å². The van der Waals surface area contributed by atoms with E-state index in [1.165, 1.54) is 0 Å². The highest BCUT2D eigenvalue weighted by Gasteiger charge is 1.99. The Morgan fingerprint density at radius 1 is 1.60 bits per heavy atom. The summed E-state index contributed by atoms with van der Waals surface area (Å²) in [6, 6.07) is 0. The van der Waals surface area contributed by atoms with Crippen molar-refractivity contribution in [1.82, 2.24) is 19.9 Å². The molecule has 0 saturated heterocycles. The van der Waals surface area contributed by atoms with Crippen LogP contribution in [0.4, 0.5) is 0 Å². The summed E-state index contributed by atoms with van der Waals surface area (Å²) in [7, 11) is 5.94. The van der Waals surface area contributed by atoms with Crippen LogP contribution in [-0.4, -0.2) is 34.0 Å². The van der Waals surface area contributed by atoms with Gasteiger partial charge in [-0.25, -0.2) is 0 Å². The molecule has 0 aliphatic heterocycles. The van der Waals surface area contributed by atoms with Crippen LogP contribution in [0.2, 0.25) is 0 Å². The van der Waals surface area contributed by atoms with Crippen molar-refractivity contribution in [3.05, 3.63) is 11.9 Å². The summed E-state index contributed by atoms with van der Waals surface area (Å²) >= 11 is 0. The molecule has 0 spiro atoms. The second-order valence-electron chi connectivity index (χ2n) is 2.59. The van der Waals surface area contributed by atoms with Crippen molar-refractivity contribution in [3.63, 3.8) is 0 Å². The predicted molar refractivity (Wildman–Crippen MR) is 38.4 cm³/mol. The maximum atomic E-state index is 3.81. The molecule has 0 fully saturated rings. The van der Waals surface area contributed by atoms with Crippen molar-refractivity contribution in [1.29, 1.82) is 0 Å². The Morgan fingerprint density at radius 3 is 2.70 bits per heavy atom. The maximum absolute atomic E-state index is 3.81. The second kappa shape index (κ2) is 2.79. The van der Waals surface area contributed by atoms with Gasteiger partial charge in [0.05, 0.1) is 11.9 Å². The van der Waals surface area contributed by atoms with Crippen molar-refractivity contribution >= 4 is 0 Å². The lowest BCUT2D eigenvalue weighted by molar-refractivity contribution is 0.387. The first-order valence-corrected chi connectivity index (χ1v) is 3.18. The Bertz CT molecular complexity index is 203. The van der Waals surface area contributed by atoms with E-state index in [1.807, 2.05) is 21.1 Å². The first-order chi connectivity index (χ1) is 4.70. The zero-order chi connectivity index (χ0) is 7.56. The minimum Gasteiger partial charge on any atom is -0.304 e. The molecule has 0 saturated carbocycles. The zero-order valence-corrected chi connectivity index (χ0v) is 6.57. The van der Waals surface area contributed by atoms with E-state index in [4.69, 9.17) is 0 Å². The Morgan fingerprint density at radius 2 is 2.30 bits per heavy atom. The van der Waals surface area contributed by atoms with Crippen molar-refractivity contribution in [2.75, 3.05) is 14.1 Å². The fourth-order valence-corrected chi connectivity index (χ4v) is 0.778. The molecular weight excluding hydrogens is 128 g/mol. The molecule has 1 rings (SSSR count). The molecule has 0 aliphatic carbocycles. The Labute approximate surface area is 60.4 Å². The second-order valence-corrected chi connectivity index (χ2v) is 2.59. The third-order valence-corrected chi connectivity index (χ3v) is 1.29. The minimum absolute atomic E-state index is 0.892. The fourth-order valence-electron chi connectivity index (χ4n) is 0.778.